The number of imidazole rings is 1. The SMILES string of the molecule is Cn1c(=O)n(-c2ccc(OCc3ccccc3)nc2OCc2ccccc2)c2ccc(N3CC4CCC3CN4C(=O)OC(C)(C)C)cc21. The molecule has 5 heterocycles. The minimum atomic E-state index is -0.534. The van der Waals surface area contributed by atoms with Crippen LogP contribution in [0.2, 0.25) is 0 Å². The summed E-state index contributed by atoms with van der Waals surface area (Å²) in [6.07, 6.45) is 1.69. The predicted molar refractivity (Wildman–Crippen MR) is 185 cm³/mol. The molecular weight excluding hydrogens is 606 g/mol. The molecule has 3 aliphatic rings. The maximum Gasteiger partial charge on any atom is 0.410 e. The Morgan fingerprint density at radius 1 is 0.812 bits per heavy atom. The number of rotatable bonds is 8. The van der Waals surface area contributed by atoms with Crippen molar-refractivity contribution in [1.29, 1.82) is 0 Å². The number of carbonyl (C=O) groups excluding carboxylic acids is 1. The molecule has 10 nitrogen and oxygen atoms in total. The summed E-state index contributed by atoms with van der Waals surface area (Å²) in [6.45, 7) is 7.66. The Kier molecular flexibility index (Phi) is 8.33. The molecule has 10 heteroatoms. The normalized spacial score (nSPS) is 17.5. The van der Waals surface area contributed by atoms with Crippen LogP contribution in [0.4, 0.5) is 10.5 Å². The van der Waals surface area contributed by atoms with E-state index in [0.717, 1.165) is 47.2 Å². The molecule has 3 aliphatic heterocycles. The van der Waals surface area contributed by atoms with Crippen molar-refractivity contribution in [1.82, 2.24) is 19.0 Å². The number of ether oxygens (including phenoxy) is 3. The van der Waals surface area contributed by atoms with Crippen LogP contribution in [0.3, 0.4) is 0 Å². The summed E-state index contributed by atoms with van der Waals surface area (Å²) in [7, 11) is 1.78. The van der Waals surface area contributed by atoms with Crippen molar-refractivity contribution in [3.63, 3.8) is 0 Å². The largest absolute Gasteiger partial charge is 0.473 e. The van der Waals surface area contributed by atoms with Gasteiger partial charge in [0.25, 0.3) is 0 Å². The molecule has 48 heavy (non-hydrogen) atoms. The minimum absolute atomic E-state index is 0.0759. The highest BCUT2D eigenvalue weighted by Crippen LogP contribution is 2.36. The van der Waals surface area contributed by atoms with Crippen LogP contribution in [0.25, 0.3) is 16.7 Å². The smallest absolute Gasteiger partial charge is 0.410 e. The van der Waals surface area contributed by atoms with Crippen molar-refractivity contribution >= 4 is 22.8 Å². The van der Waals surface area contributed by atoms with Crippen LogP contribution in [0.1, 0.15) is 44.7 Å². The summed E-state index contributed by atoms with van der Waals surface area (Å²) in [4.78, 5) is 35.8. The zero-order valence-corrected chi connectivity index (χ0v) is 27.8. The number of piperidine rings is 2. The highest BCUT2D eigenvalue weighted by Gasteiger charge is 2.42. The lowest BCUT2D eigenvalue weighted by Crippen LogP contribution is -2.64. The van der Waals surface area contributed by atoms with E-state index in [1.807, 2.05) is 98.5 Å². The second-order valence-electron chi connectivity index (χ2n) is 13.5. The van der Waals surface area contributed by atoms with Crippen molar-refractivity contribution in [2.75, 3.05) is 18.0 Å². The van der Waals surface area contributed by atoms with Crippen molar-refractivity contribution in [2.45, 2.75) is 64.5 Å². The maximum absolute atomic E-state index is 13.9. The van der Waals surface area contributed by atoms with E-state index < -0.39 is 5.60 Å². The Balaban J connectivity index is 1.19. The number of benzene rings is 3. The first-order valence-electron chi connectivity index (χ1n) is 16.5. The molecule has 8 rings (SSSR count). The average Bonchev–Trinajstić information content (AvgIpc) is 3.35. The first-order chi connectivity index (χ1) is 23.1. The van der Waals surface area contributed by atoms with Crippen molar-refractivity contribution < 1.29 is 19.0 Å². The molecule has 2 atom stereocenters. The molecule has 248 valence electrons. The number of carbonyl (C=O) groups is 1. The molecule has 2 bridgehead atoms. The summed E-state index contributed by atoms with van der Waals surface area (Å²) < 4.78 is 21.3. The summed E-state index contributed by atoms with van der Waals surface area (Å²) in [5.41, 5.74) is 4.36. The average molecular weight is 648 g/mol. The fourth-order valence-electron chi connectivity index (χ4n) is 6.66. The zero-order valence-electron chi connectivity index (χ0n) is 27.8. The second kappa shape index (κ2) is 12.7. The fraction of sp³-hybridized carbons (Fsp3) is 0.342. The number of pyridine rings is 1. The molecular formula is C38H41N5O5. The van der Waals surface area contributed by atoms with Crippen molar-refractivity contribution in [3.8, 4) is 17.4 Å². The first-order valence-corrected chi connectivity index (χ1v) is 16.5. The number of aryl methyl sites for hydroxylation is 1. The van der Waals surface area contributed by atoms with Gasteiger partial charge in [0.2, 0.25) is 11.8 Å². The minimum Gasteiger partial charge on any atom is -0.473 e. The van der Waals surface area contributed by atoms with E-state index in [9.17, 15) is 9.59 Å². The van der Waals surface area contributed by atoms with Gasteiger partial charge in [-0.25, -0.2) is 9.59 Å². The zero-order chi connectivity index (χ0) is 33.4. The number of hydrogen-bond donors (Lipinski definition) is 0. The highest BCUT2D eigenvalue weighted by molar-refractivity contribution is 5.83. The molecule has 1 amide bonds. The lowest BCUT2D eigenvalue weighted by molar-refractivity contribution is 0.000884. The summed E-state index contributed by atoms with van der Waals surface area (Å²) in [5.74, 6) is 0.709. The van der Waals surface area contributed by atoms with Gasteiger partial charge in [-0.05, 0) is 69.0 Å². The number of fused-ring (bicyclic) bond motifs is 4. The van der Waals surface area contributed by atoms with Gasteiger partial charge < -0.3 is 24.0 Å². The second-order valence-corrected chi connectivity index (χ2v) is 13.5. The van der Waals surface area contributed by atoms with Crippen LogP contribution < -0.4 is 20.1 Å². The van der Waals surface area contributed by atoms with E-state index in [1.54, 1.807) is 22.2 Å². The number of amides is 1. The Morgan fingerprint density at radius 2 is 1.48 bits per heavy atom. The maximum atomic E-state index is 13.9. The third-order valence-electron chi connectivity index (χ3n) is 9.03. The summed E-state index contributed by atoms with van der Waals surface area (Å²) in [5, 5.41) is 0. The highest BCUT2D eigenvalue weighted by atomic mass is 16.6. The summed E-state index contributed by atoms with van der Waals surface area (Å²) in [6, 6.07) is 29.7. The molecule has 0 saturated carbocycles. The number of aromatic nitrogens is 3. The fourth-order valence-corrected chi connectivity index (χ4v) is 6.66. The number of anilines is 1. The number of nitrogens with zero attached hydrogens (tertiary/aromatic N) is 5. The van der Waals surface area contributed by atoms with E-state index in [1.165, 1.54) is 0 Å². The molecule has 5 aromatic rings. The quantitative estimate of drug-likeness (QED) is 0.191. The molecule has 0 radical (unpaired) electrons. The molecule has 2 aromatic heterocycles. The lowest BCUT2D eigenvalue weighted by Gasteiger charge is -2.52. The van der Waals surface area contributed by atoms with Gasteiger partial charge in [0.15, 0.2) is 0 Å². The van der Waals surface area contributed by atoms with Gasteiger partial charge in [-0.15, -0.1) is 0 Å². The lowest BCUT2D eigenvalue weighted by atomic mass is 9.90. The van der Waals surface area contributed by atoms with E-state index >= 15 is 0 Å². The van der Waals surface area contributed by atoms with Crippen LogP contribution in [0, 0.1) is 0 Å². The first kappa shape index (κ1) is 31.4. The molecule has 0 aliphatic carbocycles. The van der Waals surface area contributed by atoms with Crippen LogP contribution in [-0.2, 0) is 25.0 Å². The molecule has 3 aromatic carbocycles. The monoisotopic (exact) mass is 647 g/mol. The molecule has 3 fully saturated rings. The third-order valence-corrected chi connectivity index (χ3v) is 9.03. The third kappa shape index (κ3) is 6.34. The molecule has 0 N–H and O–H groups in total. The Labute approximate surface area is 280 Å². The van der Waals surface area contributed by atoms with Gasteiger partial charge in [0, 0.05) is 37.9 Å². The van der Waals surface area contributed by atoms with E-state index in [4.69, 9.17) is 19.2 Å². The predicted octanol–water partition coefficient (Wildman–Crippen LogP) is 6.47. The van der Waals surface area contributed by atoms with Crippen LogP contribution in [0.5, 0.6) is 11.8 Å². The van der Waals surface area contributed by atoms with Gasteiger partial charge >= 0.3 is 11.8 Å². The van der Waals surface area contributed by atoms with Crippen molar-refractivity contribution in [3.05, 3.63) is 113 Å². The van der Waals surface area contributed by atoms with Gasteiger partial charge in [-0.1, -0.05) is 60.7 Å². The molecule has 0 spiro atoms. The van der Waals surface area contributed by atoms with Crippen LogP contribution in [0.15, 0.2) is 95.8 Å². The van der Waals surface area contributed by atoms with E-state index in [-0.39, 0.29) is 30.5 Å². The molecule has 3 saturated heterocycles. The number of hydrogen-bond acceptors (Lipinski definition) is 7. The van der Waals surface area contributed by atoms with Gasteiger partial charge in [0.05, 0.1) is 17.1 Å². The molecule has 2 unspecified atom stereocenters. The van der Waals surface area contributed by atoms with Gasteiger partial charge in [0.1, 0.15) is 24.5 Å². The number of piperazine rings is 1. The van der Waals surface area contributed by atoms with Crippen molar-refractivity contribution in [2.24, 2.45) is 7.05 Å². The summed E-state index contributed by atoms with van der Waals surface area (Å²) >= 11 is 0. The Bertz CT molecular complexity index is 1980. The van der Waals surface area contributed by atoms with E-state index in [0.29, 0.717) is 30.6 Å². The van der Waals surface area contributed by atoms with Gasteiger partial charge in [-0.2, -0.15) is 4.98 Å². The van der Waals surface area contributed by atoms with Crippen LogP contribution in [-0.4, -0.2) is 55.9 Å². The van der Waals surface area contributed by atoms with Crippen LogP contribution >= 0.6 is 0 Å². The Hall–Kier alpha value is -5.25. The topological polar surface area (TPSA) is 91.1 Å². The standard InChI is InChI=1S/C38H41N5O5/c1-38(2,3)48-37(45)42-23-29-15-16-30(42)22-41(29)28-17-18-31-33(21-28)40(4)36(44)43(31)32-19-20-34(46-24-26-11-7-5-8-12-26)39-35(32)47-25-27-13-9-6-10-14-27/h5-14,17-21,29-30H,15-16,22-25H2,1-4H3. The Morgan fingerprint density at radius 3 is 2.12 bits per heavy atom. The van der Waals surface area contributed by atoms with Gasteiger partial charge in [-0.3, -0.25) is 9.13 Å². The van der Waals surface area contributed by atoms with E-state index in [2.05, 4.69) is 17.0 Å².